The monoisotopic (exact) mass is 441 g/mol. The normalized spacial score (nSPS) is 10.9. The molecule has 0 radical (unpaired) electrons. The fourth-order valence-electron chi connectivity index (χ4n) is 2.90. The molecule has 1 heterocycles. The summed E-state index contributed by atoms with van der Waals surface area (Å²) in [5.41, 5.74) is 1.12. The fraction of sp³-hybridized carbons (Fsp3) is 0.182. The van der Waals surface area contributed by atoms with Crippen LogP contribution in [0, 0.1) is 0 Å². The fourth-order valence-corrected chi connectivity index (χ4v) is 4.33. The molecule has 0 saturated carbocycles. The van der Waals surface area contributed by atoms with E-state index in [4.69, 9.17) is 9.47 Å². The van der Waals surface area contributed by atoms with Crippen LogP contribution in [-0.2, 0) is 21.4 Å². The molecule has 9 heteroatoms. The van der Waals surface area contributed by atoms with E-state index in [1.165, 1.54) is 26.4 Å². The first-order valence-corrected chi connectivity index (χ1v) is 10.8. The molecule has 0 unspecified atom stereocenters. The van der Waals surface area contributed by atoms with E-state index in [-0.39, 0.29) is 17.1 Å². The second-order valence-electron chi connectivity index (χ2n) is 6.49. The van der Waals surface area contributed by atoms with E-state index in [1.807, 2.05) is 0 Å². The first-order valence-electron chi connectivity index (χ1n) is 9.41. The van der Waals surface area contributed by atoms with Crippen LogP contribution < -0.4 is 19.1 Å². The molecule has 0 aliphatic heterocycles. The van der Waals surface area contributed by atoms with Crippen molar-refractivity contribution in [3.8, 4) is 11.5 Å². The number of ether oxygens (including phenoxy) is 2. The number of anilines is 1. The number of hydrogen-bond acceptors (Lipinski definition) is 6. The number of amides is 1. The van der Waals surface area contributed by atoms with Crippen molar-refractivity contribution in [1.29, 1.82) is 0 Å². The van der Waals surface area contributed by atoms with Crippen LogP contribution in [0.2, 0.25) is 0 Å². The van der Waals surface area contributed by atoms with Crippen LogP contribution in [0.15, 0.2) is 78.0 Å². The minimum Gasteiger partial charge on any atom is -0.497 e. The summed E-state index contributed by atoms with van der Waals surface area (Å²) in [6.45, 7) is -0.163. The lowest BCUT2D eigenvalue weighted by Gasteiger charge is -2.25. The maximum absolute atomic E-state index is 13.5. The zero-order valence-electron chi connectivity index (χ0n) is 17.2. The molecule has 31 heavy (non-hydrogen) atoms. The van der Waals surface area contributed by atoms with Gasteiger partial charge in [0.2, 0.25) is 5.91 Å². The third-order valence-corrected chi connectivity index (χ3v) is 6.30. The second-order valence-corrected chi connectivity index (χ2v) is 8.35. The summed E-state index contributed by atoms with van der Waals surface area (Å²) >= 11 is 0. The molecular weight excluding hydrogens is 418 g/mol. The van der Waals surface area contributed by atoms with Gasteiger partial charge in [0.15, 0.2) is 0 Å². The predicted octanol–water partition coefficient (Wildman–Crippen LogP) is 2.61. The van der Waals surface area contributed by atoms with Crippen molar-refractivity contribution >= 4 is 21.6 Å². The average molecular weight is 442 g/mol. The molecular formula is C22H23N3O5S. The standard InChI is InChI=1S/C22H23N3O5S/c1-29-18-7-9-19(10-8-18)31(27,28)25(20-5-3-4-6-21(20)30-2)16-22(26)24-15-17-11-13-23-14-12-17/h3-14H,15-16H2,1-2H3,(H,24,26). The number of carbonyl (C=O) groups excluding carboxylic acids is 1. The van der Waals surface area contributed by atoms with Gasteiger partial charge in [-0.05, 0) is 54.1 Å². The number of pyridine rings is 1. The van der Waals surface area contributed by atoms with Crippen molar-refractivity contribution in [3.05, 3.63) is 78.6 Å². The van der Waals surface area contributed by atoms with Gasteiger partial charge in [-0.25, -0.2) is 8.42 Å². The number of para-hydroxylation sites is 2. The molecule has 0 aliphatic carbocycles. The van der Waals surface area contributed by atoms with E-state index >= 15 is 0 Å². The molecule has 1 aromatic heterocycles. The number of nitrogens with one attached hydrogen (secondary N) is 1. The number of carbonyl (C=O) groups is 1. The Labute approximate surface area is 181 Å². The van der Waals surface area contributed by atoms with Crippen LogP contribution in [-0.4, -0.2) is 40.1 Å². The van der Waals surface area contributed by atoms with Crippen molar-refractivity contribution in [3.63, 3.8) is 0 Å². The molecule has 0 atom stereocenters. The molecule has 3 aromatic rings. The van der Waals surface area contributed by atoms with Gasteiger partial charge in [0.1, 0.15) is 18.0 Å². The van der Waals surface area contributed by atoms with Gasteiger partial charge in [0, 0.05) is 18.9 Å². The summed E-state index contributed by atoms with van der Waals surface area (Å²) in [7, 11) is -1.12. The maximum atomic E-state index is 13.5. The third-order valence-electron chi connectivity index (χ3n) is 4.53. The first-order chi connectivity index (χ1) is 15.0. The van der Waals surface area contributed by atoms with E-state index in [2.05, 4.69) is 10.3 Å². The Morgan fingerprint density at radius 2 is 1.65 bits per heavy atom. The highest BCUT2D eigenvalue weighted by Gasteiger charge is 2.29. The number of rotatable bonds is 9. The summed E-state index contributed by atoms with van der Waals surface area (Å²) in [5.74, 6) is 0.402. The third kappa shape index (κ3) is 5.32. The average Bonchev–Trinajstić information content (AvgIpc) is 2.81. The summed E-state index contributed by atoms with van der Waals surface area (Å²) in [4.78, 5) is 16.6. The van der Waals surface area contributed by atoms with Gasteiger partial charge in [-0.2, -0.15) is 0 Å². The topological polar surface area (TPSA) is 97.8 Å². The van der Waals surface area contributed by atoms with Crippen LogP contribution >= 0.6 is 0 Å². The number of sulfonamides is 1. The van der Waals surface area contributed by atoms with Crippen LogP contribution in [0.25, 0.3) is 0 Å². The zero-order chi connectivity index (χ0) is 22.3. The van der Waals surface area contributed by atoms with E-state index in [1.54, 1.807) is 60.9 Å². The Kier molecular flexibility index (Phi) is 7.09. The Balaban J connectivity index is 1.91. The molecule has 0 saturated heterocycles. The Morgan fingerprint density at radius 1 is 0.968 bits per heavy atom. The van der Waals surface area contributed by atoms with Crippen molar-refractivity contribution < 1.29 is 22.7 Å². The predicted molar refractivity (Wildman–Crippen MR) is 117 cm³/mol. The number of aromatic nitrogens is 1. The Morgan fingerprint density at radius 3 is 2.29 bits per heavy atom. The number of nitrogens with zero attached hydrogens (tertiary/aromatic N) is 2. The van der Waals surface area contributed by atoms with Crippen LogP contribution in [0.5, 0.6) is 11.5 Å². The van der Waals surface area contributed by atoms with Crippen molar-refractivity contribution in [2.24, 2.45) is 0 Å². The lowest BCUT2D eigenvalue weighted by Crippen LogP contribution is -2.40. The molecule has 0 fully saturated rings. The summed E-state index contributed by atoms with van der Waals surface area (Å²) in [6, 6.07) is 16.2. The lowest BCUT2D eigenvalue weighted by atomic mass is 10.2. The second kappa shape index (κ2) is 9.94. The summed E-state index contributed by atoms with van der Waals surface area (Å²) in [6.07, 6.45) is 3.24. The number of methoxy groups -OCH3 is 2. The molecule has 1 amide bonds. The van der Waals surface area contributed by atoms with Gasteiger partial charge in [-0.3, -0.25) is 14.1 Å². The molecule has 0 aliphatic rings. The minimum atomic E-state index is -4.06. The zero-order valence-corrected chi connectivity index (χ0v) is 18.0. The Bertz CT molecular complexity index is 1120. The van der Waals surface area contributed by atoms with Crippen molar-refractivity contribution in [2.45, 2.75) is 11.4 Å². The lowest BCUT2D eigenvalue weighted by molar-refractivity contribution is -0.119. The van der Waals surface area contributed by atoms with Gasteiger partial charge in [0.05, 0.1) is 24.8 Å². The van der Waals surface area contributed by atoms with E-state index < -0.39 is 22.5 Å². The molecule has 1 N–H and O–H groups in total. The van der Waals surface area contributed by atoms with Crippen molar-refractivity contribution in [2.75, 3.05) is 25.1 Å². The summed E-state index contributed by atoms with van der Waals surface area (Å²) < 4.78 is 38.4. The molecule has 2 aromatic carbocycles. The van der Waals surface area contributed by atoms with Crippen LogP contribution in [0.3, 0.4) is 0 Å². The quantitative estimate of drug-likeness (QED) is 0.548. The van der Waals surface area contributed by atoms with Crippen molar-refractivity contribution in [1.82, 2.24) is 10.3 Å². The maximum Gasteiger partial charge on any atom is 0.264 e. The van der Waals surface area contributed by atoms with E-state index in [9.17, 15) is 13.2 Å². The smallest absolute Gasteiger partial charge is 0.264 e. The van der Waals surface area contributed by atoms with Crippen LogP contribution in [0.1, 0.15) is 5.56 Å². The highest BCUT2D eigenvalue weighted by Crippen LogP contribution is 2.32. The minimum absolute atomic E-state index is 0.0288. The Hall–Kier alpha value is -3.59. The van der Waals surface area contributed by atoms with Crippen LogP contribution in [0.4, 0.5) is 5.69 Å². The largest absolute Gasteiger partial charge is 0.497 e. The molecule has 162 valence electrons. The first kappa shape index (κ1) is 22.1. The molecule has 0 bridgehead atoms. The molecule has 3 rings (SSSR count). The number of hydrogen-bond donors (Lipinski definition) is 1. The van der Waals surface area contributed by atoms with E-state index in [0.29, 0.717) is 11.5 Å². The van der Waals surface area contributed by atoms with Gasteiger partial charge in [-0.15, -0.1) is 0 Å². The molecule has 8 nitrogen and oxygen atoms in total. The SMILES string of the molecule is COc1ccc(S(=O)(=O)N(CC(=O)NCc2ccncc2)c2ccccc2OC)cc1. The highest BCUT2D eigenvalue weighted by molar-refractivity contribution is 7.92. The van der Waals surface area contributed by atoms with Gasteiger partial charge >= 0.3 is 0 Å². The molecule has 0 spiro atoms. The number of benzene rings is 2. The summed E-state index contributed by atoms with van der Waals surface area (Å²) in [5, 5.41) is 2.74. The van der Waals surface area contributed by atoms with Gasteiger partial charge in [-0.1, -0.05) is 12.1 Å². The van der Waals surface area contributed by atoms with E-state index in [0.717, 1.165) is 9.87 Å². The van der Waals surface area contributed by atoms with Gasteiger partial charge < -0.3 is 14.8 Å². The van der Waals surface area contributed by atoms with Gasteiger partial charge in [0.25, 0.3) is 10.0 Å². The highest BCUT2D eigenvalue weighted by atomic mass is 32.2.